The van der Waals surface area contributed by atoms with Crippen LogP contribution in [-0.2, 0) is 13.0 Å². The Bertz CT molecular complexity index is 462. The molecule has 1 aromatic carbocycles. The van der Waals surface area contributed by atoms with Gasteiger partial charge in [0.2, 0.25) is 0 Å². The summed E-state index contributed by atoms with van der Waals surface area (Å²) in [5, 5.41) is 7.69. The van der Waals surface area contributed by atoms with E-state index >= 15 is 0 Å². The maximum atomic E-state index is 4.31. The molecule has 96 valence electrons. The molecule has 0 radical (unpaired) electrons. The topological polar surface area (TPSA) is 29.9 Å². The third-order valence-electron chi connectivity index (χ3n) is 3.28. The van der Waals surface area contributed by atoms with E-state index in [0.29, 0.717) is 6.04 Å². The number of benzene rings is 1. The molecule has 0 aliphatic heterocycles. The highest BCUT2D eigenvalue weighted by Crippen LogP contribution is 2.18. The minimum Gasteiger partial charge on any atom is -0.313 e. The average Bonchev–Trinajstić information content (AvgIpc) is 2.89. The number of nitrogens with one attached hydrogen (secondary N) is 1. The molecule has 3 nitrogen and oxygen atoms in total. The Balaban J connectivity index is 1.95. The Morgan fingerprint density at radius 3 is 2.67 bits per heavy atom. The molecule has 3 heteroatoms. The second-order valence-electron chi connectivity index (χ2n) is 4.49. The Kier molecular flexibility index (Phi) is 4.53. The zero-order valence-corrected chi connectivity index (χ0v) is 11.1. The van der Waals surface area contributed by atoms with Crippen molar-refractivity contribution in [2.24, 2.45) is 0 Å². The first-order chi connectivity index (χ1) is 8.83. The SMILES string of the molecule is CCn1cc(CCC(NC)c2ccccc2)cn1. The summed E-state index contributed by atoms with van der Waals surface area (Å²) in [4.78, 5) is 0. The van der Waals surface area contributed by atoms with E-state index in [2.05, 4.69) is 53.9 Å². The van der Waals surface area contributed by atoms with Crippen molar-refractivity contribution in [1.29, 1.82) is 0 Å². The minimum absolute atomic E-state index is 0.413. The van der Waals surface area contributed by atoms with Gasteiger partial charge in [-0.05, 0) is 37.9 Å². The molecule has 0 fully saturated rings. The highest BCUT2D eigenvalue weighted by molar-refractivity contribution is 5.19. The highest BCUT2D eigenvalue weighted by Gasteiger charge is 2.09. The molecule has 0 aliphatic carbocycles. The third-order valence-corrected chi connectivity index (χ3v) is 3.28. The van der Waals surface area contributed by atoms with E-state index in [1.54, 1.807) is 0 Å². The molecule has 1 unspecified atom stereocenters. The first kappa shape index (κ1) is 12.8. The van der Waals surface area contributed by atoms with Gasteiger partial charge in [0.25, 0.3) is 0 Å². The Labute approximate surface area is 109 Å². The van der Waals surface area contributed by atoms with Crippen LogP contribution in [0.2, 0.25) is 0 Å². The zero-order chi connectivity index (χ0) is 12.8. The summed E-state index contributed by atoms with van der Waals surface area (Å²) in [5.41, 5.74) is 2.66. The van der Waals surface area contributed by atoms with E-state index in [9.17, 15) is 0 Å². The number of hydrogen-bond acceptors (Lipinski definition) is 2. The third kappa shape index (κ3) is 3.20. The molecule has 1 N–H and O–H groups in total. The Morgan fingerprint density at radius 2 is 2.06 bits per heavy atom. The number of aromatic nitrogens is 2. The van der Waals surface area contributed by atoms with Gasteiger partial charge < -0.3 is 5.32 Å². The number of rotatable bonds is 6. The lowest BCUT2D eigenvalue weighted by Gasteiger charge is -2.15. The standard InChI is InChI=1S/C15H21N3/c1-3-18-12-13(11-17-18)9-10-15(16-2)14-7-5-4-6-8-14/h4-8,11-12,15-16H,3,9-10H2,1-2H3. The van der Waals surface area contributed by atoms with Crippen LogP contribution >= 0.6 is 0 Å². The van der Waals surface area contributed by atoms with Gasteiger partial charge in [-0.15, -0.1) is 0 Å². The maximum absolute atomic E-state index is 4.31. The van der Waals surface area contributed by atoms with Gasteiger partial charge in [0.1, 0.15) is 0 Å². The highest BCUT2D eigenvalue weighted by atomic mass is 15.3. The molecule has 0 amide bonds. The van der Waals surface area contributed by atoms with E-state index in [4.69, 9.17) is 0 Å². The van der Waals surface area contributed by atoms with Gasteiger partial charge >= 0.3 is 0 Å². The quantitative estimate of drug-likeness (QED) is 0.845. The van der Waals surface area contributed by atoms with Crippen LogP contribution in [0.1, 0.15) is 30.5 Å². The van der Waals surface area contributed by atoms with Gasteiger partial charge in [-0.25, -0.2) is 0 Å². The van der Waals surface area contributed by atoms with Gasteiger partial charge in [-0.1, -0.05) is 30.3 Å². The molecule has 1 atom stereocenters. The number of hydrogen-bond donors (Lipinski definition) is 1. The van der Waals surface area contributed by atoms with E-state index in [1.807, 2.05) is 17.9 Å². The van der Waals surface area contributed by atoms with Gasteiger partial charge in [-0.2, -0.15) is 5.10 Å². The van der Waals surface area contributed by atoms with Crippen LogP contribution in [-0.4, -0.2) is 16.8 Å². The molecule has 0 bridgehead atoms. The van der Waals surface area contributed by atoms with E-state index in [1.165, 1.54) is 11.1 Å². The van der Waals surface area contributed by atoms with Crippen LogP contribution in [0.25, 0.3) is 0 Å². The molecule has 2 rings (SSSR count). The maximum Gasteiger partial charge on any atom is 0.0521 e. The second-order valence-corrected chi connectivity index (χ2v) is 4.49. The van der Waals surface area contributed by atoms with Crippen molar-refractivity contribution in [2.75, 3.05) is 7.05 Å². The predicted molar refractivity (Wildman–Crippen MR) is 74.5 cm³/mol. The van der Waals surface area contributed by atoms with Gasteiger partial charge in [0, 0.05) is 18.8 Å². The summed E-state index contributed by atoms with van der Waals surface area (Å²) in [6.07, 6.45) is 6.26. The summed E-state index contributed by atoms with van der Waals surface area (Å²) in [5.74, 6) is 0. The second kappa shape index (κ2) is 6.36. The predicted octanol–water partition coefficient (Wildman–Crippen LogP) is 2.80. The van der Waals surface area contributed by atoms with Gasteiger partial charge in [-0.3, -0.25) is 4.68 Å². The molecule has 0 saturated carbocycles. The fourth-order valence-electron chi connectivity index (χ4n) is 2.18. The molecule has 2 aromatic rings. The van der Waals surface area contributed by atoms with Crippen LogP contribution in [0.5, 0.6) is 0 Å². The number of aryl methyl sites for hydroxylation is 2. The van der Waals surface area contributed by atoms with E-state index < -0.39 is 0 Å². The molecule has 0 aliphatic rings. The van der Waals surface area contributed by atoms with Crippen LogP contribution in [0.4, 0.5) is 0 Å². The van der Waals surface area contributed by atoms with Crippen molar-refractivity contribution in [3.05, 3.63) is 53.9 Å². The summed E-state index contributed by atoms with van der Waals surface area (Å²) >= 11 is 0. The van der Waals surface area contributed by atoms with Crippen molar-refractivity contribution in [2.45, 2.75) is 32.4 Å². The lowest BCUT2D eigenvalue weighted by molar-refractivity contribution is 0.549. The van der Waals surface area contributed by atoms with Gasteiger partial charge in [0.15, 0.2) is 0 Å². The summed E-state index contributed by atoms with van der Waals surface area (Å²) in [6, 6.07) is 11.0. The fourth-order valence-corrected chi connectivity index (χ4v) is 2.18. The molecule has 1 heterocycles. The lowest BCUT2D eigenvalue weighted by Crippen LogP contribution is -2.16. The van der Waals surface area contributed by atoms with E-state index in [0.717, 1.165) is 19.4 Å². The van der Waals surface area contributed by atoms with Crippen LogP contribution in [0, 0.1) is 0 Å². The zero-order valence-electron chi connectivity index (χ0n) is 11.1. The largest absolute Gasteiger partial charge is 0.313 e. The average molecular weight is 243 g/mol. The first-order valence-electron chi connectivity index (χ1n) is 6.57. The molecule has 18 heavy (non-hydrogen) atoms. The van der Waals surface area contributed by atoms with Crippen molar-refractivity contribution in [1.82, 2.24) is 15.1 Å². The Hall–Kier alpha value is -1.61. The smallest absolute Gasteiger partial charge is 0.0521 e. The van der Waals surface area contributed by atoms with Crippen molar-refractivity contribution < 1.29 is 0 Å². The van der Waals surface area contributed by atoms with Crippen LogP contribution < -0.4 is 5.32 Å². The molecule has 0 saturated heterocycles. The van der Waals surface area contributed by atoms with Crippen molar-refractivity contribution in [3.8, 4) is 0 Å². The fraction of sp³-hybridized carbons (Fsp3) is 0.400. The first-order valence-corrected chi connectivity index (χ1v) is 6.57. The van der Waals surface area contributed by atoms with Crippen LogP contribution in [0.15, 0.2) is 42.7 Å². The van der Waals surface area contributed by atoms with Crippen molar-refractivity contribution >= 4 is 0 Å². The monoisotopic (exact) mass is 243 g/mol. The minimum atomic E-state index is 0.413. The summed E-state index contributed by atoms with van der Waals surface area (Å²) < 4.78 is 1.98. The molecule has 0 spiro atoms. The Morgan fingerprint density at radius 1 is 1.28 bits per heavy atom. The lowest BCUT2D eigenvalue weighted by atomic mass is 10.0. The molecule has 1 aromatic heterocycles. The van der Waals surface area contributed by atoms with Crippen LogP contribution in [0.3, 0.4) is 0 Å². The normalized spacial score (nSPS) is 12.6. The van der Waals surface area contributed by atoms with Crippen molar-refractivity contribution in [3.63, 3.8) is 0 Å². The van der Waals surface area contributed by atoms with E-state index in [-0.39, 0.29) is 0 Å². The number of nitrogens with zero attached hydrogens (tertiary/aromatic N) is 2. The summed E-state index contributed by atoms with van der Waals surface area (Å²) in [6.45, 7) is 3.05. The molecular weight excluding hydrogens is 222 g/mol. The van der Waals surface area contributed by atoms with Gasteiger partial charge in [0.05, 0.1) is 6.20 Å². The summed E-state index contributed by atoms with van der Waals surface area (Å²) in [7, 11) is 2.02. The molecular formula is C15H21N3.